The van der Waals surface area contributed by atoms with E-state index in [1.165, 1.54) is 5.56 Å². The second kappa shape index (κ2) is 5.92. The Morgan fingerprint density at radius 1 is 1.03 bits per heavy atom. The maximum Gasteiger partial charge on any atom is 0.252 e. The van der Waals surface area contributed by atoms with E-state index in [4.69, 9.17) is 0 Å². The van der Waals surface area contributed by atoms with Crippen molar-refractivity contribution < 1.29 is 15.0 Å². The van der Waals surface area contributed by atoms with Crippen molar-refractivity contribution in [3.05, 3.63) is 70.3 Å². The third-order valence-electron chi connectivity index (χ3n) is 6.38. The normalized spacial score (nSPS) is 14.3. The zero-order valence-corrected chi connectivity index (χ0v) is 15.8. The van der Waals surface area contributed by atoms with Crippen LogP contribution in [0.3, 0.4) is 0 Å². The highest BCUT2D eigenvalue weighted by molar-refractivity contribution is 6.20. The summed E-state index contributed by atoms with van der Waals surface area (Å²) < 4.78 is 2.18. The van der Waals surface area contributed by atoms with Crippen molar-refractivity contribution >= 4 is 27.7 Å². The standard InChI is InChI=1S/C24H20N2O3/c27-8-7-26-19-6-5-13(12-28)9-16(19)21-18-11-25-24(29)22(18)20-15-4-2-1-3-14(15)10-17(20)23(21)26/h1-6,9,27-28H,7-8,10-12H2,(H,25,29). The minimum Gasteiger partial charge on any atom is -0.395 e. The molecule has 144 valence electrons. The van der Waals surface area contributed by atoms with Gasteiger partial charge in [0.05, 0.1) is 24.3 Å². The van der Waals surface area contributed by atoms with Crippen LogP contribution in [0.4, 0.5) is 0 Å². The zero-order valence-electron chi connectivity index (χ0n) is 15.8. The maximum absolute atomic E-state index is 12.9. The molecule has 2 heterocycles. The van der Waals surface area contributed by atoms with Gasteiger partial charge in [0.15, 0.2) is 0 Å². The Morgan fingerprint density at radius 3 is 2.72 bits per heavy atom. The molecule has 0 atom stereocenters. The molecule has 0 unspecified atom stereocenters. The molecule has 6 rings (SSSR count). The predicted octanol–water partition coefficient (Wildman–Crippen LogP) is 3.09. The van der Waals surface area contributed by atoms with Crippen molar-refractivity contribution in [2.45, 2.75) is 26.1 Å². The van der Waals surface area contributed by atoms with Crippen LogP contribution in [0.25, 0.3) is 32.9 Å². The first kappa shape index (κ1) is 16.8. The molecule has 1 amide bonds. The summed E-state index contributed by atoms with van der Waals surface area (Å²) in [5, 5.41) is 24.6. The van der Waals surface area contributed by atoms with E-state index in [1.54, 1.807) is 0 Å². The molecule has 0 bridgehead atoms. The Balaban J connectivity index is 1.85. The number of benzene rings is 3. The second-order valence-corrected chi connectivity index (χ2v) is 7.83. The number of aromatic nitrogens is 1. The molecular formula is C24H20N2O3. The Bertz CT molecular complexity index is 1350. The third kappa shape index (κ3) is 2.09. The first-order valence-electron chi connectivity index (χ1n) is 9.93. The van der Waals surface area contributed by atoms with Crippen LogP contribution in [-0.4, -0.2) is 27.3 Å². The SMILES string of the molecule is O=C1NCc2c1c1c(c3c2c2cc(CO)ccc2n3CCO)Cc2ccccc2-1. The number of rotatable bonds is 3. The summed E-state index contributed by atoms with van der Waals surface area (Å²) >= 11 is 0. The number of hydrogen-bond donors (Lipinski definition) is 3. The van der Waals surface area contributed by atoms with Crippen molar-refractivity contribution in [2.75, 3.05) is 6.61 Å². The molecule has 3 aromatic carbocycles. The molecule has 1 aliphatic heterocycles. The van der Waals surface area contributed by atoms with Gasteiger partial charge in [-0.15, -0.1) is 0 Å². The molecule has 0 saturated heterocycles. The van der Waals surface area contributed by atoms with Gasteiger partial charge in [-0.25, -0.2) is 0 Å². The first-order valence-corrected chi connectivity index (χ1v) is 9.93. The summed E-state index contributed by atoms with van der Waals surface area (Å²) in [4.78, 5) is 12.9. The lowest BCUT2D eigenvalue weighted by atomic mass is 9.92. The third-order valence-corrected chi connectivity index (χ3v) is 6.38. The van der Waals surface area contributed by atoms with E-state index >= 15 is 0 Å². The number of hydrogen-bond acceptors (Lipinski definition) is 3. The molecule has 3 N–H and O–H groups in total. The molecule has 1 aromatic heterocycles. The Labute approximate surface area is 167 Å². The van der Waals surface area contributed by atoms with Crippen LogP contribution in [0.15, 0.2) is 42.5 Å². The summed E-state index contributed by atoms with van der Waals surface area (Å²) in [6.45, 7) is 0.998. The fraction of sp³-hybridized carbons (Fsp3) is 0.208. The number of fused-ring (bicyclic) bond motifs is 10. The highest BCUT2D eigenvalue weighted by Crippen LogP contribution is 2.48. The topological polar surface area (TPSA) is 74.5 Å². The molecular weight excluding hydrogens is 364 g/mol. The molecule has 29 heavy (non-hydrogen) atoms. The molecule has 5 nitrogen and oxygen atoms in total. The van der Waals surface area contributed by atoms with Crippen LogP contribution in [0.5, 0.6) is 0 Å². The zero-order chi connectivity index (χ0) is 19.7. The van der Waals surface area contributed by atoms with E-state index in [9.17, 15) is 15.0 Å². The fourth-order valence-corrected chi connectivity index (χ4v) is 5.26. The van der Waals surface area contributed by atoms with Gasteiger partial charge in [-0.2, -0.15) is 0 Å². The van der Waals surface area contributed by atoms with Crippen molar-refractivity contribution in [3.8, 4) is 11.1 Å². The Kier molecular flexibility index (Phi) is 3.43. The quantitative estimate of drug-likeness (QED) is 0.448. The van der Waals surface area contributed by atoms with Crippen molar-refractivity contribution in [2.24, 2.45) is 0 Å². The van der Waals surface area contributed by atoms with Gasteiger partial charge in [0.2, 0.25) is 0 Å². The highest BCUT2D eigenvalue weighted by Gasteiger charge is 2.35. The van der Waals surface area contributed by atoms with Crippen LogP contribution in [-0.2, 0) is 26.1 Å². The highest BCUT2D eigenvalue weighted by atomic mass is 16.3. The second-order valence-electron chi connectivity index (χ2n) is 7.83. The Hall–Kier alpha value is -3.15. The van der Waals surface area contributed by atoms with Gasteiger partial charge in [-0.3, -0.25) is 4.79 Å². The number of aliphatic hydroxyl groups is 2. The van der Waals surface area contributed by atoms with E-state index in [-0.39, 0.29) is 19.1 Å². The molecule has 1 aliphatic carbocycles. The van der Waals surface area contributed by atoms with Gasteiger partial charge in [0, 0.05) is 41.4 Å². The summed E-state index contributed by atoms with van der Waals surface area (Å²) in [7, 11) is 0. The molecule has 5 heteroatoms. The lowest BCUT2D eigenvalue weighted by molar-refractivity contribution is 0.0966. The van der Waals surface area contributed by atoms with E-state index in [1.807, 2.05) is 30.3 Å². The average molecular weight is 384 g/mol. The van der Waals surface area contributed by atoms with E-state index < -0.39 is 0 Å². The molecule has 0 fully saturated rings. The summed E-state index contributed by atoms with van der Waals surface area (Å²) in [6.07, 6.45) is 0.775. The fourth-order valence-electron chi connectivity index (χ4n) is 5.26. The van der Waals surface area contributed by atoms with Crippen LogP contribution in [0, 0.1) is 0 Å². The Morgan fingerprint density at radius 2 is 1.90 bits per heavy atom. The largest absolute Gasteiger partial charge is 0.395 e. The van der Waals surface area contributed by atoms with Gasteiger partial charge in [-0.05, 0) is 39.9 Å². The molecule has 0 spiro atoms. The monoisotopic (exact) mass is 384 g/mol. The lowest BCUT2D eigenvalue weighted by Crippen LogP contribution is -2.13. The predicted molar refractivity (Wildman–Crippen MR) is 112 cm³/mol. The van der Waals surface area contributed by atoms with Crippen LogP contribution >= 0.6 is 0 Å². The number of carbonyl (C=O) groups excluding carboxylic acids is 1. The van der Waals surface area contributed by atoms with Crippen molar-refractivity contribution in [1.29, 1.82) is 0 Å². The van der Waals surface area contributed by atoms with Gasteiger partial charge in [0.25, 0.3) is 5.91 Å². The van der Waals surface area contributed by atoms with Crippen molar-refractivity contribution in [1.82, 2.24) is 9.88 Å². The minimum absolute atomic E-state index is 0.0174. The van der Waals surface area contributed by atoms with E-state index in [2.05, 4.69) is 22.0 Å². The minimum atomic E-state index is -0.0294. The summed E-state index contributed by atoms with van der Waals surface area (Å²) in [5.74, 6) is -0.0174. The van der Waals surface area contributed by atoms with E-state index in [0.717, 1.165) is 61.6 Å². The summed E-state index contributed by atoms with van der Waals surface area (Å²) in [6, 6.07) is 14.2. The van der Waals surface area contributed by atoms with Crippen LogP contribution in [0.1, 0.15) is 32.6 Å². The smallest absolute Gasteiger partial charge is 0.252 e. The number of aliphatic hydroxyl groups excluding tert-OH is 2. The lowest BCUT2D eigenvalue weighted by Gasteiger charge is -2.13. The van der Waals surface area contributed by atoms with Gasteiger partial charge >= 0.3 is 0 Å². The molecule has 4 aromatic rings. The van der Waals surface area contributed by atoms with Crippen LogP contribution in [0.2, 0.25) is 0 Å². The molecule has 2 aliphatic rings. The molecule has 0 saturated carbocycles. The van der Waals surface area contributed by atoms with Crippen molar-refractivity contribution in [3.63, 3.8) is 0 Å². The van der Waals surface area contributed by atoms with Gasteiger partial charge < -0.3 is 20.1 Å². The van der Waals surface area contributed by atoms with Gasteiger partial charge in [0.1, 0.15) is 0 Å². The average Bonchev–Trinajstić information content (AvgIpc) is 3.40. The van der Waals surface area contributed by atoms with Crippen LogP contribution < -0.4 is 5.32 Å². The number of carbonyl (C=O) groups is 1. The number of nitrogens with one attached hydrogen (secondary N) is 1. The first-order chi connectivity index (χ1) is 14.2. The molecule has 0 radical (unpaired) electrons. The summed E-state index contributed by atoms with van der Waals surface area (Å²) in [5.41, 5.74) is 9.35. The maximum atomic E-state index is 12.9. The van der Waals surface area contributed by atoms with E-state index in [0.29, 0.717) is 13.1 Å². The van der Waals surface area contributed by atoms with Gasteiger partial charge in [-0.1, -0.05) is 30.3 Å². The number of amides is 1. The number of nitrogens with zero attached hydrogens (tertiary/aromatic N) is 1.